The van der Waals surface area contributed by atoms with Gasteiger partial charge in [0.15, 0.2) is 0 Å². The first-order chi connectivity index (χ1) is 7.91. The number of hydrogen-bond donors (Lipinski definition) is 2. The zero-order chi connectivity index (χ0) is 12.6. The first-order valence-corrected chi connectivity index (χ1v) is 5.07. The van der Waals surface area contributed by atoms with Crippen molar-refractivity contribution in [2.75, 3.05) is 5.73 Å². The van der Waals surface area contributed by atoms with Crippen LogP contribution in [-0.4, -0.2) is 4.98 Å². The highest BCUT2D eigenvalue weighted by Crippen LogP contribution is 2.40. The second-order valence-electron chi connectivity index (χ2n) is 3.48. The number of para-hydroxylation sites is 1. The van der Waals surface area contributed by atoms with Crippen LogP contribution < -0.4 is 5.73 Å². The average molecular weight is 261 g/mol. The number of benzene rings is 1. The second-order valence-corrected chi connectivity index (χ2v) is 3.89. The Balaban J connectivity index is 2.62. The molecule has 3 N–H and O–H groups in total. The third-order valence-corrected chi connectivity index (χ3v) is 2.71. The molecule has 0 saturated heterocycles. The molecular formula is C11H8ClF3N2. The fraction of sp³-hybridized carbons (Fsp3) is 0.0909. The minimum Gasteiger partial charge on any atom is -0.398 e. The van der Waals surface area contributed by atoms with Crippen molar-refractivity contribution in [3.05, 3.63) is 41.2 Å². The van der Waals surface area contributed by atoms with Gasteiger partial charge < -0.3 is 10.7 Å². The van der Waals surface area contributed by atoms with Crippen LogP contribution in [0.4, 0.5) is 18.9 Å². The summed E-state index contributed by atoms with van der Waals surface area (Å²) in [6, 6.07) is 3.75. The highest BCUT2D eigenvalue weighted by molar-refractivity contribution is 6.33. The van der Waals surface area contributed by atoms with Gasteiger partial charge in [-0.15, -0.1) is 0 Å². The molecule has 6 heteroatoms. The van der Waals surface area contributed by atoms with Gasteiger partial charge in [0.1, 0.15) is 0 Å². The number of H-pyrrole nitrogens is 1. The van der Waals surface area contributed by atoms with Crippen LogP contribution in [0.3, 0.4) is 0 Å². The van der Waals surface area contributed by atoms with E-state index < -0.39 is 11.7 Å². The number of rotatable bonds is 1. The van der Waals surface area contributed by atoms with Crippen LogP contribution in [0.1, 0.15) is 5.56 Å². The zero-order valence-corrected chi connectivity index (χ0v) is 9.23. The largest absolute Gasteiger partial charge is 0.418 e. The van der Waals surface area contributed by atoms with Gasteiger partial charge in [-0.1, -0.05) is 23.7 Å². The van der Waals surface area contributed by atoms with Crippen LogP contribution >= 0.6 is 11.6 Å². The molecule has 1 aromatic carbocycles. The van der Waals surface area contributed by atoms with E-state index in [9.17, 15) is 13.2 Å². The quantitative estimate of drug-likeness (QED) is 0.750. The molecule has 0 aliphatic carbocycles. The fourth-order valence-corrected chi connectivity index (χ4v) is 1.82. The predicted molar refractivity (Wildman–Crippen MR) is 60.7 cm³/mol. The van der Waals surface area contributed by atoms with E-state index in [1.165, 1.54) is 24.5 Å². The lowest BCUT2D eigenvalue weighted by molar-refractivity contribution is -0.136. The SMILES string of the molecule is Nc1c(-c2c[nH]cc2Cl)cccc1C(F)(F)F. The van der Waals surface area contributed by atoms with E-state index >= 15 is 0 Å². The summed E-state index contributed by atoms with van der Waals surface area (Å²) in [4.78, 5) is 2.71. The van der Waals surface area contributed by atoms with Crippen molar-refractivity contribution in [3.8, 4) is 11.1 Å². The molecule has 0 radical (unpaired) electrons. The minimum absolute atomic E-state index is 0.270. The van der Waals surface area contributed by atoms with E-state index in [4.69, 9.17) is 17.3 Å². The second kappa shape index (κ2) is 4.00. The molecule has 2 aromatic rings. The monoisotopic (exact) mass is 260 g/mol. The van der Waals surface area contributed by atoms with E-state index in [1.54, 1.807) is 0 Å². The molecule has 1 heterocycles. The molecule has 1 aromatic heterocycles. The van der Waals surface area contributed by atoms with Crippen LogP contribution in [0.2, 0.25) is 5.02 Å². The lowest BCUT2D eigenvalue weighted by atomic mass is 10.0. The van der Waals surface area contributed by atoms with Crippen LogP contribution in [0.25, 0.3) is 11.1 Å². The molecule has 0 atom stereocenters. The summed E-state index contributed by atoms with van der Waals surface area (Å²) < 4.78 is 38.0. The summed E-state index contributed by atoms with van der Waals surface area (Å²) in [5, 5.41) is 0.330. The van der Waals surface area contributed by atoms with E-state index in [2.05, 4.69) is 4.98 Å². The molecule has 0 amide bonds. The number of hydrogen-bond acceptors (Lipinski definition) is 1. The normalized spacial score (nSPS) is 11.8. The first-order valence-electron chi connectivity index (χ1n) is 4.69. The van der Waals surface area contributed by atoms with E-state index in [0.29, 0.717) is 10.6 Å². The van der Waals surface area contributed by atoms with E-state index in [-0.39, 0.29) is 11.3 Å². The summed E-state index contributed by atoms with van der Waals surface area (Å²) in [6.07, 6.45) is -1.48. The summed E-state index contributed by atoms with van der Waals surface area (Å²) in [6.45, 7) is 0. The Morgan fingerprint density at radius 2 is 1.82 bits per heavy atom. The molecule has 0 fully saturated rings. The fourth-order valence-electron chi connectivity index (χ4n) is 1.60. The highest BCUT2D eigenvalue weighted by atomic mass is 35.5. The number of anilines is 1. The summed E-state index contributed by atoms with van der Waals surface area (Å²) >= 11 is 5.84. The molecule has 17 heavy (non-hydrogen) atoms. The lowest BCUT2D eigenvalue weighted by Gasteiger charge is -2.13. The Morgan fingerprint density at radius 1 is 1.12 bits per heavy atom. The summed E-state index contributed by atoms with van der Waals surface area (Å²) in [5.74, 6) is 0. The topological polar surface area (TPSA) is 41.8 Å². The number of alkyl halides is 3. The van der Waals surface area contributed by atoms with Crippen molar-refractivity contribution >= 4 is 17.3 Å². The smallest absolute Gasteiger partial charge is 0.398 e. The molecule has 2 nitrogen and oxygen atoms in total. The number of aromatic amines is 1. The third-order valence-electron chi connectivity index (χ3n) is 2.40. The van der Waals surface area contributed by atoms with Gasteiger partial charge in [0.05, 0.1) is 16.3 Å². The van der Waals surface area contributed by atoms with Gasteiger partial charge in [0, 0.05) is 23.5 Å². The van der Waals surface area contributed by atoms with Gasteiger partial charge in [0.2, 0.25) is 0 Å². The lowest BCUT2D eigenvalue weighted by Crippen LogP contribution is -2.09. The predicted octanol–water partition coefficient (Wildman–Crippen LogP) is 3.94. The molecule has 90 valence electrons. The minimum atomic E-state index is -4.47. The molecule has 0 bridgehead atoms. The Hall–Kier alpha value is -1.62. The average Bonchev–Trinajstić information content (AvgIpc) is 2.63. The van der Waals surface area contributed by atoms with Gasteiger partial charge in [-0.05, 0) is 6.07 Å². The van der Waals surface area contributed by atoms with E-state index in [1.807, 2.05) is 0 Å². The Bertz CT molecular complexity index is 546. The first kappa shape index (κ1) is 11.9. The molecule has 0 spiro atoms. The van der Waals surface area contributed by atoms with Gasteiger partial charge >= 0.3 is 6.18 Å². The van der Waals surface area contributed by atoms with Crippen LogP contribution in [0, 0.1) is 0 Å². The number of nitrogens with two attached hydrogens (primary N) is 1. The Kier molecular flexibility index (Phi) is 2.79. The maximum Gasteiger partial charge on any atom is 0.418 e. The van der Waals surface area contributed by atoms with Gasteiger partial charge in [-0.2, -0.15) is 13.2 Å². The van der Waals surface area contributed by atoms with Crippen LogP contribution in [-0.2, 0) is 6.18 Å². The number of nitrogens with one attached hydrogen (secondary N) is 1. The van der Waals surface area contributed by atoms with Crippen molar-refractivity contribution < 1.29 is 13.2 Å². The number of nitrogen functional groups attached to an aromatic ring is 1. The standard InChI is InChI=1S/C11H8ClF3N2/c12-9-5-17-4-7(9)6-2-1-3-8(10(6)16)11(13,14)15/h1-5,17H,16H2. The summed E-state index contributed by atoms with van der Waals surface area (Å²) in [7, 11) is 0. The van der Waals surface area contributed by atoms with Crippen molar-refractivity contribution in [2.45, 2.75) is 6.18 Å². The molecule has 0 saturated carbocycles. The van der Waals surface area contributed by atoms with Crippen molar-refractivity contribution in [1.82, 2.24) is 4.98 Å². The summed E-state index contributed by atoms with van der Waals surface area (Å²) in [5.41, 5.74) is 5.09. The maximum atomic E-state index is 12.7. The molecule has 0 unspecified atom stereocenters. The zero-order valence-electron chi connectivity index (χ0n) is 8.48. The van der Waals surface area contributed by atoms with Gasteiger partial charge in [-0.3, -0.25) is 0 Å². The molecule has 2 rings (SSSR count). The molecule has 0 aliphatic heterocycles. The molecule has 0 aliphatic rings. The highest BCUT2D eigenvalue weighted by Gasteiger charge is 2.33. The van der Waals surface area contributed by atoms with Crippen molar-refractivity contribution in [3.63, 3.8) is 0 Å². The van der Waals surface area contributed by atoms with Crippen molar-refractivity contribution in [1.29, 1.82) is 0 Å². The Labute approximate surface area is 100 Å². The molecular weight excluding hydrogens is 253 g/mol. The number of halogens is 4. The third kappa shape index (κ3) is 2.10. The van der Waals surface area contributed by atoms with Crippen LogP contribution in [0.15, 0.2) is 30.6 Å². The van der Waals surface area contributed by atoms with Crippen molar-refractivity contribution in [2.24, 2.45) is 0 Å². The van der Waals surface area contributed by atoms with Gasteiger partial charge in [0.25, 0.3) is 0 Å². The van der Waals surface area contributed by atoms with Gasteiger partial charge in [-0.25, -0.2) is 0 Å². The maximum absolute atomic E-state index is 12.7. The Morgan fingerprint density at radius 3 is 2.35 bits per heavy atom. The number of aromatic nitrogens is 1. The van der Waals surface area contributed by atoms with Crippen LogP contribution in [0.5, 0.6) is 0 Å². The van der Waals surface area contributed by atoms with E-state index in [0.717, 1.165) is 6.07 Å².